The van der Waals surface area contributed by atoms with Crippen LogP contribution in [0.5, 0.6) is 0 Å². The Hall–Kier alpha value is -4.51. The molecule has 0 radical (unpaired) electrons. The standard InChI is InChI=1S/C20H25N7O6.C4H9NO2S/c1-33-14(28)7-6-13(19(31)32)25-17(29)10-2-4-11(5-3-10)22-8-12-9-23-16-15(24-12)18(30)27-20(21)26-16;5-3(1-2-8)4(6)7/h2-5,12-13,22,24H,6-9H2,1H3,(H,25,29)(H,31,32)(H4,21,23,26,27,30);3,8H,1-2,5H2,(H,6,7)/t12?,13-;3-/m00/s1. The fraction of sp³-hybridized carbons (Fsp3) is 0.417. The maximum atomic E-state index is 12.4. The predicted octanol–water partition coefficient (Wildman–Crippen LogP) is -0.475. The highest BCUT2D eigenvalue weighted by Gasteiger charge is 2.23. The Bertz CT molecular complexity index is 1270. The van der Waals surface area contributed by atoms with E-state index in [-0.39, 0.29) is 36.0 Å². The number of aromatic amines is 1. The third-order valence-corrected chi connectivity index (χ3v) is 5.99. The minimum atomic E-state index is -1.24. The average Bonchev–Trinajstić information content (AvgIpc) is 2.94. The topological polar surface area (TPSA) is 264 Å². The lowest BCUT2D eigenvalue weighted by atomic mass is 10.1. The van der Waals surface area contributed by atoms with Crippen LogP contribution in [0.15, 0.2) is 29.1 Å². The normalized spacial score (nSPS) is 14.9. The summed E-state index contributed by atoms with van der Waals surface area (Å²) >= 11 is 3.81. The molecule has 0 spiro atoms. The van der Waals surface area contributed by atoms with E-state index in [1.165, 1.54) is 7.11 Å². The number of nitrogens with one attached hydrogen (secondary N) is 5. The molecule has 224 valence electrons. The lowest BCUT2D eigenvalue weighted by molar-refractivity contribution is -0.142. The van der Waals surface area contributed by atoms with E-state index in [4.69, 9.17) is 16.6 Å². The first kappa shape index (κ1) is 32.7. The van der Waals surface area contributed by atoms with E-state index in [1.54, 1.807) is 24.3 Å². The number of fused-ring (bicyclic) bond motifs is 1. The van der Waals surface area contributed by atoms with Crippen molar-refractivity contribution in [2.24, 2.45) is 5.73 Å². The van der Waals surface area contributed by atoms with Gasteiger partial charge in [-0.1, -0.05) is 0 Å². The zero-order chi connectivity index (χ0) is 30.5. The van der Waals surface area contributed by atoms with Crippen molar-refractivity contribution in [3.05, 3.63) is 40.2 Å². The molecule has 0 saturated heterocycles. The van der Waals surface area contributed by atoms with Gasteiger partial charge in [-0.2, -0.15) is 17.6 Å². The number of rotatable bonds is 12. The van der Waals surface area contributed by atoms with E-state index in [1.807, 2.05) is 0 Å². The zero-order valence-corrected chi connectivity index (χ0v) is 23.1. The van der Waals surface area contributed by atoms with Crippen LogP contribution in [0.3, 0.4) is 0 Å². The Morgan fingerprint density at radius 2 is 1.85 bits per heavy atom. The van der Waals surface area contributed by atoms with Crippen LogP contribution in [-0.2, 0) is 19.1 Å². The van der Waals surface area contributed by atoms with Gasteiger partial charge in [0.25, 0.3) is 11.5 Å². The van der Waals surface area contributed by atoms with Gasteiger partial charge in [0.2, 0.25) is 5.95 Å². The van der Waals surface area contributed by atoms with E-state index in [0.29, 0.717) is 36.8 Å². The molecule has 0 fully saturated rings. The maximum Gasteiger partial charge on any atom is 0.326 e. The highest BCUT2D eigenvalue weighted by atomic mass is 32.1. The molecule has 1 aliphatic rings. The number of methoxy groups -OCH3 is 1. The predicted molar refractivity (Wildman–Crippen MR) is 154 cm³/mol. The number of esters is 1. The second-order valence-corrected chi connectivity index (χ2v) is 9.24. The molecule has 1 amide bonds. The number of H-pyrrole nitrogens is 1. The number of ether oxygens (including phenoxy) is 1. The number of carboxylic acids is 2. The molecule has 1 aliphatic heterocycles. The number of nitrogen functional groups attached to an aromatic ring is 1. The maximum absolute atomic E-state index is 12.4. The van der Waals surface area contributed by atoms with Crippen molar-refractivity contribution in [3.8, 4) is 0 Å². The number of thiol groups is 1. The molecular weight excluding hydrogens is 560 g/mol. The molecule has 11 N–H and O–H groups in total. The van der Waals surface area contributed by atoms with Gasteiger partial charge < -0.3 is 47.7 Å². The second-order valence-electron chi connectivity index (χ2n) is 8.79. The zero-order valence-electron chi connectivity index (χ0n) is 22.2. The van der Waals surface area contributed by atoms with Gasteiger partial charge in [-0.3, -0.25) is 24.2 Å². The summed E-state index contributed by atoms with van der Waals surface area (Å²) in [5, 5.41) is 29.2. The highest BCUT2D eigenvalue weighted by molar-refractivity contribution is 7.80. The van der Waals surface area contributed by atoms with Crippen molar-refractivity contribution in [1.29, 1.82) is 0 Å². The van der Waals surface area contributed by atoms with Crippen LogP contribution in [0, 0.1) is 0 Å². The molecular formula is C24H34N8O8S. The van der Waals surface area contributed by atoms with Crippen LogP contribution in [0.1, 0.15) is 29.6 Å². The summed E-state index contributed by atoms with van der Waals surface area (Å²) in [4.78, 5) is 63.4. The largest absolute Gasteiger partial charge is 0.480 e. The van der Waals surface area contributed by atoms with Gasteiger partial charge in [0, 0.05) is 30.8 Å². The Kier molecular flexibility index (Phi) is 12.7. The summed E-state index contributed by atoms with van der Waals surface area (Å²) in [7, 11) is 1.21. The van der Waals surface area contributed by atoms with E-state index in [0.717, 1.165) is 5.69 Å². The first-order chi connectivity index (χ1) is 19.4. The van der Waals surface area contributed by atoms with Crippen molar-refractivity contribution < 1.29 is 34.1 Å². The fourth-order valence-electron chi connectivity index (χ4n) is 3.46. The van der Waals surface area contributed by atoms with Crippen LogP contribution >= 0.6 is 12.6 Å². The SMILES string of the molecule is COC(=O)CC[C@H](NC(=O)c1ccc(NCC2CNc3nc(N)[nH]c(=O)c3N2)cc1)C(=O)O.N[C@@H](CCS)C(=O)O. The summed E-state index contributed by atoms with van der Waals surface area (Å²) in [6, 6.07) is 4.39. The van der Waals surface area contributed by atoms with E-state index in [2.05, 4.69) is 48.6 Å². The van der Waals surface area contributed by atoms with E-state index < -0.39 is 35.9 Å². The summed E-state index contributed by atoms with van der Waals surface area (Å²) in [6.07, 6.45) is 0.225. The fourth-order valence-corrected chi connectivity index (χ4v) is 3.74. The molecule has 3 rings (SSSR count). The van der Waals surface area contributed by atoms with Crippen molar-refractivity contribution in [3.63, 3.8) is 0 Å². The number of hydrogen-bond donors (Lipinski definition) is 10. The minimum Gasteiger partial charge on any atom is -0.480 e. The third kappa shape index (κ3) is 10.5. The monoisotopic (exact) mass is 594 g/mol. The van der Waals surface area contributed by atoms with Gasteiger partial charge in [-0.05, 0) is 42.9 Å². The summed E-state index contributed by atoms with van der Waals surface area (Å²) in [5.74, 6) is -2.37. The summed E-state index contributed by atoms with van der Waals surface area (Å²) < 4.78 is 4.49. The van der Waals surface area contributed by atoms with Crippen molar-refractivity contribution in [2.75, 3.05) is 47.6 Å². The van der Waals surface area contributed by atoms with Crippen LogP contribution in [0.4, 0.5) is 23.1 Å². The molecule has 1 unspecified atom stereocenters. The van der Waals surface area contributed by atoms with Gasteiger partial charge >= 0.3 is 17.9 Å². The van der Waals surface area contributed by atoms with Crippen LogP contribution in [-0.4, -0.2) is 88.1 Å². The van der Waals surface area contributed by atoms with E-state index in [9.17, 15) is 29.1 Å². The van der Waals surface area contributed by atoms with Gasteiger partial charge in [-0.15, -0.1) is 0 Å². The molecule has 0 saturated carbocycles. The third-order valence-electron chi connectivity index (χ3n) is 5.73. The number of benzene rings is 1. The van der Waals surface area contributed by atoms with Gasteiger partial charge in [0.05, 0.1) is 13.2 Å². The lowest BCUT2D eigenvalue weighted by Crippen LogP contribution is -2.41. The number of nitrogens with two attached hydrogens (primary N) is 2. The first-order valence-corrected chi connectivity index (χ1v) is 13.0. The molecule has 1 aromatic heterocycles. The molecule has 16 nitrogen and oxygen atoms in total. The minimum absolute atomic E-state index is 0.0342. The number of hydrogen-bond acceptors (Lipinski definition) is 13. The first-order valence-electron chi connectivity index (χ1n) is 12.4. The molecule has 41 heavy (non-hydrogen) atoms. The van der Waals surface area contributed by atoms with Gasteiger partial charge in [-0.25, -0.2) is 4.79 Å². The molecule has 1 aromatic carbocycles. The Labute approximate surface area is 240 Å². The van der Waals surface area contributed by atoms with Crippen molar-refractivity contribution >= 4 is 59.6 Å². The lowest BCUT2D eigenvalue weighted by Gasteiger charge is -2.27. The molecule has 0 aliphatic carbocycles. The van der Waals surface area contributed by atoms with Gasteiger partial charge in [0.1, 0.15) is 17.8 Å². The molecule has 17 heteroatoms. The number of nitrogens with zero attached hydrogens (tertiary/aromatic N) is 1. The van der Waals surface area contributed by atoms with Crippen molar-refractivity contribution in [2.45, 2.75) is 37.4 Å². The Morgan fingerprint density at radius 3 is 2.41 bits per heavy atom. The molecule has 2 heterocycles. The smallest absolute Gasteiger partial charge is 0.326 e. The number of carbonyl (C=O) groups excluding carboxylic acids is 2. The number of carbonyl (C=O) groups is 4. The van der Waals surface area contributed by atoms with Crippen LogP contribution in [0.2, 0.25) is 0 Å². The highest BCUT2D eigenvalue weighted by Crippen LogP contribution is 2.20. The molecule has 2 aromatic rings. The molecule has 3 atom stereocenters. The number of anilines is 4. The quantitative estimate of drug-likeness (QED) is 0.110. The summed E-state index contributed by atoms with van der Waals surface area (Å²) in [5.41, 5.74) is 11.6. The van der Waals surface area contributed by atoms with Crippen LogP contribution in [0.25, 0.3) is 0 Å². The number of aliphatic carboxylic acids is 2. The number of carboxylic acid groups (broad SMARTS) is 2. The Balaban J connectivity index is 0.000000642. The van der Waals surface area contributed by atoms with Crippen LogP contribution < -0.4 is 38.3 Å². The van der Waals surface area contributed by atoms with Gasteiger partial charge in [0.15, 0.2) is 5.82 Å². The van der Waals surface area contributed by atoms with Crippen molar-refractivity contribution in [1.82, 2.24) is 15.3 Å². The Morgan fingerprint density at radius 1 is 1.17 bits per heavy atom. The second kappa shape index (κ2) is 15.9. The van der Waals surface area contributed by atoms with E-state index >= 15 is 0 Å². The number of amides is 1. The summed E-state index contributed by atoms with van der Waals surface area (Å²) in [6.45, 7) is 0.981. The average molecular weight is 595 g/mol. The molecule has 0 bridgehead atoms. The number of aromatic nitrogens is 2.